The van der Waals surface area contributed by atoms with Crippen molar-refractivity contribution < 1.29 is 9.53 Å². The van der Waals surface area contributed by atoms with Crippen LogP contribution in [0.15, 0.2) is 30.3 Å². The average molecular weight is 300 g/mol. The van der Waals surface area contributed by atoms with Crippen molar-refractivity contribution in [3.05, 3.63) is 35.9 Å². The van der Waals surface area contributed by atoms with E-state index in [0.717, 1.165) is 32.4 Å². The standard InChI is InChI=1S/C18H24N2O2/c19-9-13-10-20(11-16(13)12-4-2-1-3-5-12)18(21)15-8-14-6-7-17(15)22-14/h1-5,13-17H,6-11,19H2/t13-,14?,15?,16+,17?/m1/s1. The first-order valence-corrected chi connectivity index (χ1v) is 8.45. The number of rotatable bonds is 3. The summed E-state index contributed by atoms with van der Waals surface area (Å²) < 4.78 is 5.86. The first-order valence-electron chi connectivity index (χ1n) is 8.45. The van der Waals surface area contributed by atoms with Crippen LogP contribution >= 0.6 is 0 Å². The van der Waals surface area contributed by atoms with Crippen molar-refractivity contribution in [3.63, 3.8) is 0 Å². The minimum Gasteiger partial charge on any atom is -0.374 e. The van der Waals surface area contributed by atoms with Crippen molar-refractivity contribution in [2.24, 2.45) is 17.6 Å². The zero-order valence-corrected chi connectivity index (χ0v) is 12.9. The largest absolute Gasteiger partial charge is 0.374 e. The fraction of sp³-hybridized carbons (Fsp3) is 0.611. The fourth-order valence-electron chi connectivity index (χ4n) is 4.50. The van der Waals surface area contributed by atoms with Crippen molar-refractivity contribution in [1.82, 2.24) is 4.90 Å². The molecule has 3 saturated heterocycles. The smallest absolute Gasteiger partial charge is 0.228 e. The number of likely N-dealkylation sites (tertiary alicyclic amines) is 1. The van der Waals surface area contributed by atoms with E-state index < -0.39 is 0 Å². The van der Waals surface area contributed by atoms with E-state index in [1.807, 2.05) is 11.0 Å². The Morgan fingerprint density at radius 1 is 1.23 bits per heavy atom. The van der Waals surface area contributed by atoms with Crippen LogP contribution in [0.5, 0.6) is 0 Å². The normalized spacial score (nSPS) is 37.0. The summed E-state index contributed by atoms with van der Waals surface area (Å²) in [6.45, 7) is 2.23. The molecular weight excluding hydrogens is 276 g/mol. The number of benzene rings is 1. The molecule has 4 nitrogen and oxygen atoms in total. The van der Waals surface area contributed by atoms with Gasteiger partial charge in [-0.25, -0.2) is 0 Å². The summed E-state index contributed by atoms with van der Waals surface area (Å²) >= 11 is 0. The maximum atomic E-state index is 12.9. The molecule has 0 spiro atoms. The van der Waals surface area contributed by atoms with Crippen LogP contribution in [0, 0.1) is 11.8 Å². The van der Waals surface area contributed by atoms with Gasteiger partial charge in [-0.15, -0.1) is 0 Å². The summed E-state index contributed by atoms with van der Waals surface area (Å²) in [4.78, 5) is 14.9. The highest BCUT2D eigenvalue weighted by atomic mass is 16.5. The molecule has 3 aliphatic rings. The van der Waals surface area contributed by atoms with Crippen molar-refractivity contribution in [2.75, 3.05) is 19.6 Å². The van der Waals surface area contributed by atoms with E-state index in [1.165, 1.54) is 5.56 Å². The topological polar surface area (TPSA) is 55.6 Å². The van der Waals surface area contributed by atoms with Crippen molar-refractivity contribution in [2.45, 2.75) is 37.4 Å². The van der Waals surface area contributed by atoms with Crippen molar-refractivity contribution in [1.29, 1.82) is 0 Å². The predicted octanol–water partition coefficient (Wildman–Crippen LogP) is 1.75. The molecule has 2 bridgehead atoms. The molecule has 3 aliphatic heterocycles. The zero-order chi connectivity index (χ0) is 15.1. The van der Waals surface area contributed by atoms with Gasteiger partial charge in [0, 0.05) is 19.0 Å². The third kappa shape index (κ3) is 2.34. The van der Waals surface area contributed by atoms with E-state index in [2.05, 4.69) is 24.3 Å². The van der Waals surface area contributed by atoms with Crippen LogP contribution in [0.2, 0.25) is 0 Å². The molecule has 1 amide bonds. The summed E-state index contributed by atoms with van der Waals surface area (Å²) in [5.41, 5.74) is 7.28. The van der Waals surface area contributed by atoms with Crippen LogP contribution < -0.4 is 5.73 Å². The molecule has 0 radical (unpaired) electrons. The second-order valence-corrected chi connectivity index (χ2v) is 6.97. The number of hydrogen-bond acceptors (Lipinski definition) is 3. The number of ether oxygens (including phenoxy) is 1. The van der Waals surface area contributed by atoms with E-state index in [9.17, 15) is 4.79 Å². The highest BCUT2D eigenvalue weighted by Gasteiger charge is 2.47. The molecule has 22 heavy (non-hydrogen) atoms. The SMILES string of the molecule is NC[C@@H]1CN(C(=O)C2CC3CCC2O3)C[C@H]1c1ccccc1. The second-order valence-electron chi connectivity index (χ2n) is 6.97. The van der Waals surface area contributed by atoms with Gasteiger partial charge in [0.1, 0.15) is 0 Å². The lowest BCUT2D eigenvalue weighted by Gasteiger charge is -2.24. The van der Waals surface area contributed by atoms with Gasteiger partial charge in [0.15, 0.2) is 0 Å². The molecule has 1 aromatic rings. The molecule has 0 saturated carbocycles. The lowest BCUT2D eigenvalue weighted by Crippen LogP contribution is -2.39. The Labute approximate surface area is 131 Å². The lowest BCUT2D eigenvalue weighted by molar-refractivity contribution is -0.136. The van der Waals surface area contributed by atoms with Crippen LogP contribution in [0.4, 0.5) is 0 Å². The van der Waals surface area contributed by atoms with Gasteiger partial charge in [-0.2, -0.15) is 0 Å². The molecule has 118 valence electrons. The molecule has 3 heterocycles. The van der Waals surface area contributed by atoms with Gasteiger partial charge in [-0.05, 0) is 37.3 Å². The molecule has 2 N–H and O–H groups in total. The summed E-state index contributed by atoms with van der Waals surface area (Å²) in [7, 11) is 0. The minimum atomic E-state index is 0.0895. The van der Waals surface area contributed by atoms with E-state index in [-0.39, 0.29) is 12.0 Å². The Morgan fingerprint density at radius 3 is 2.68 bits per heavy atom. The number of amides is 1. The van der Waals surface area contributed by atoms with Crippen molar-refractivity contribution in [3.8, 4) is 0 Å². The van der Waals surface area contributed by atoms with Gasteiger partial charge < -0.3 is 15.4 Å². The summed E-state index contributed by atoms with van der Waals surface area (Å²) in [5, 5.41) is 0. The van der Waals surface area contributed by atoms with Crippen molar-refractivity contribution >= 4 is 5.91 Å². The van der Waals surface area contributed by atoms with Crippen LogP contribution in [0.3, 0.4) is 0 Å². The van der Waals surface area contributed by atoms with Crippen LogP contribution in [0.1, 0.15) is 30.7 Å². The van der Waals surface area contributed by atoms with E-state index in [0.29, 0.717) is 30.4 Å². The van der Waals surface area contributed by atoms with Crippen LogP contribution in [-0.2, 0) is 9.53 Å². The minimum absolute atomic E-state index is 0.0895. The third-order valence-electron chi connectivity index (χ3n) is 5.71. The molecule has 1 aromatic carbocycles. The zero-order valence-electron chi connectivity index (χ0n) is 12.9. The van der Waals surface area contributed by atoms with E-state index in [4.69, 9.17) is 10.5 Å². The van der Waals surface area contributed by atoms with Gasteiger partial charge in [0.25, 0.3) is 0 Å². The Bertz CT molecular complexity index is 547. The molecule has 0 aliphatic carbocycles. The Balaban J connectivity index is 1.49. The maximum Gasteiger partial charge on any atom is 0.228 e. The molecular formula is C18H24N2O2. The molecule has 3 unspecified atom stereocenters. The summed E-state index contributed by atoms with van der Waals surface area (Å²) in [5.74, 6) is 1.12. The maximum absolute atomic E-state index is 12.9. The number of nitrogens with two attached hydrogens (primary N) is 1. The monoisotopic (exact) mass is 300 g/mol. The highest BCUT2D eigenvalue weighted by Crippen LogP contribution is 2.41. The lowest BCUT2D eigenvalue weighted by atomic mass is 9.88. The first kappa shape index (κ1) is 14.2. The quantitative estimate of drug-likeness (QED) is 0.925. The van der Waals surface area contributed by atoms with Crippen LogP contribution in [0.25, 0.3) is 0 Å². The van der Waals surface area contributed by atoms with Gasteiger partial charge in [0.05, 0.1) is 18.1 Å². The number of nitrogens with zero attached hydrogens (tertiary/aromatic N) is 1. The molecule has 3 fully saturated rings. The van der Waals surface area contributed by atoms with Gasteiger partial charge >= 0.3 is 0 Å². The Kier molecular flexibility index (Phi) is 3.66. The average Bonchev–Trinajstić information content (AvgIpc) is 3.29. The summed E-state index contributed by atoms with van der Waals surface area (Å²) in [6.07, 6.45) is 3.61. The second kappa shape index (κ2) is 5.67. The number of fused-ring (bicyclic) bond motifs is 2. The van der Waals surface area contributed by atoms with Gasteiger partial charge in [-0.3, -0.25) is 4.79 Å². The number of carbonyl (C=O) groups is 1. The van der Waals surface area contributed by atoms with Gasteiger partial charge in [0.2, 0.25) is 5.91 Å². The Morgan fingerprint density at radius 2 is 2.05 bits per heavy atom. The fourth-order valence-corrected chi connectivity index (χ4v) is 4.50. The predicted molar refractivity (Wildman–Crippen MR) is 84.3 cm³/mol. The highest BCUT2D eigenvalue weighted by molar-refractivity contribution is 5.80. The molecule has 4 heteroatoms. The summed E-state index contributed by atoms with van der Waals surface area (Å²) in [6, 6.07) is 10.5. The van der Waals surface area contributed by atoms with E-state index in [1.54, 1.807) is 0 Å². The van der Waals surface area contributed by atoms with Gasteiger partial charge in [-0.1, -0.05) is 30.3 Å². The van der Waals surface area contributed by atoms with Crippen LogP contribution in [-0.4, -0.2) is 42.6 Å². The number of hydrogen-bond donors (Lipinski definition) is 1. The molecule has 5 atom stereocenters. The Hall–Kier alpha value is -1.39. The third-order valence-corrected chi connectivity index (χ3v) is 5.71. The van der Waals surface area contributed by atoms with E-state index >= 15 is 0 Å². The molecule has 0 aromatic heterocycles. The first-order chi connectivity index (χ1) is 10.8. The number of carbonyl (C=O) groups excluding carboxylic acids is 1. The molecule has 4 rings (SSSR count).